The summed E-state index contributed by atoms with van der Waals surface area (Å²) in [6.07, 6.45) is 2.62. The second-order valence-corrected chi connectivity index (χ2v) is 4.02. The summed E-state index contributed by atoms with van der Waals surface area (Å²) in [7, 11) is 0. The Balaban J connectivity index is 0.000000163. The second-order valence-electron chi connectivity index (χ2n) is 4.02. The number of ketones is 2. The van der Waals surface area contributed by atoms with E-state index < -0.39 is 0 Å². The molecule has 3 heteroatoms. The molecule has 2 aromatic carbocycles. The summed E-state index contributed by atoms with van der Waals surface area (Å²) in [5.74, 6) is -0.185. The van der Waals surface area contributed by atoms with E-state index in [2.05, 4.69) is 0 Å². The largest absolute Gasteiger partial charge is 0.399 e. The minimum atomic E-state index is -0.0924. The summed E-state index contributed by atoms with van der Waals surface area (Å²) in [6.45, 7) is 0. The van der Waals surface area contributed by atoms with Gasteiger partial charge in [0.15, 0.2) is 11.6 Å². The Morgan fingerprint density at radius 2 is 1.05 bits per heavy atom. The molecular weight excluding hydrogens is 238 g/mol. The minimum Gasteiger partial charge on any atom is -0.399 e. The fraction of sp³-hybridized carbons (Fsp3) is 0. The van der Waals surface area contributed by atoms with Gasteiger partial charge in [0.25, 0.3) is 0 Å². The average molecular weight is 251 g/mol. The third kappa shape index (κ3) is 3.16. The first-order valence-corrected chi connectivity index (χ1v) is 5.85. The summed E-state index contributed by atoms with van der Waals surface area (Å²) in [4.78, 5) is 22.4. The number of carbonyl (C=O) groups is 2. The first kappa shape index (κ1) is 12.8. The van der Waals surface area contributed by atoms with Crippen molar-refractivity contribution in [1.82, 2.24) is 0 Å². The van der Waals surface area contributed by atoms with Crippen LogP contribution in [0.3, 0.4) is 0 Å². The Labute approximate surface area is 111 Å². The maximum Gasteiger partial charge on any atom is 0.186 e. The number of fused-ring (bicyclic) bond motifs is 1. The third-order valence-electron chi connectivity index (χ3n) is 2.64. The van der Waals surface area contributed by atoms with E-state index in [4.69, 9.17) is 5.73 Å². The summed E-state index contributed by atoms with van der Waals surface area (Å²) in [6, 6.07) is 16.3. The first-order valence-electron chi connectivity index (χ1n) is 5.85. The molecule has 1 aliphatic rings. The quantitative estimate of drug-likeness (QED) is 0.732. The molecule has 1 aliphatic carbocycles. The fourth-order valence-electron chi connectivity index (χ4n) is 1.70. The topological polar surface area (TPSA) is 60.2 Å². The van der Waals surface area contributed by atoms with E-state index in [1.807, 2.05) is 30.3 Å². The van der Waals surface area contributed by atoms with Crippen molar-refractivity contribution in [2.24, 2.45) is 0 Å². The highest BCUT2D eigenvalue weighted by atomic mass is 16.1. The number of para-hydroxylation sites is 1. The molecule has 2 aromatic rings. The van der Waals surface area contributed by atoms with Gasteiger partial charge in [0.1, 0.15) is 0 Å². The SMILES string of the molecule is Nc1ccccc1.O=C1C=CC(=O)c2ccccc21. The molecule has 0 spiro atoms. The minimum absolute atomic E-state index is 0.0924. The Bertz CT molecular complexity index is 593. The van der Waals surface area contributed by atoms with Gasteiger partial charge in [-0.2, -0.15) is 0 Å². The van der Waals surface area contributed by atoms with Crippen molar-refractivity contribution >= 4 is 17.3 Å². The summed E-state index contributed by atoms with van der Waals surface area (Å²) in [5.41, 5.74) is 7.19. The molecule has 0 heterocycles. The highest BCUT2D eigenvalue weighted by Gasteiger charge is 2.16. The molecular formula is C16H13NO2. The number of benzene rings is 2. The number of anilines is 1. The van der Waals surface area contributed by atoms with E-state index in [1.54, 1.807) is 24.3 Å². The van der Waals surface area contributed by atoms with Gasteiger partial charge in [-0.1, -0.05) is 42.5 Å². The maximum atomic E-state index is 11.2. The van der Waals surface area contributed by atoms with Crippen molar-refractivity contribution < 1.29 is 9.59 Å². The van der Waals surface area contributed by atoms with Crippen molar-refractivity contribution in [3.05, 3.63) is 77.9 Å². The molecule has 0 fully saturated rings. The van der Waals surface area contributed by atoms with Crippen molar-refractivity contribution in [3.8, 4) is 0 Å². The van der Waals surface area contributed by atoms with E-state index in [1.165, 1.54) is 12.2 Å². The monoisotopic (exact) mass is 251 g/mol. The van der Waals surface area contributed by atoms with Crippen LogP contribution in [0.15, 0.2) is 66.7 Å². The molecule has 0 atom stereocenters. The molecule has 94 valence electrons. The van der Waals surface area contributed by atoms with Gasteiger partial charge in [-0.3, -0.25) is 9.59 Å². The summed E-state index contributed by atoms with van der Waals surface area (Å²) < 4.78 is 0. The lowest BCUT2D eigenvalue weighted by atomic mass is 9.95. The normalized spacial score (nSPS) is 12.4. The van der Waals surface area contributed by atoms with Gasteiger partial charge < -0.3 is 5.73 Å². The van der Waals surface area contributed by atoms with Crippen LogP contribution < -0.4 is 5.73 Å². The van der Waals surface area contributed by atoms with Crippen molar-refractivity contribution in [2.45, 2.75) is 0 Å². The number of hydrogen-bond donors (Lipinski definition) is 1. The number of nitrogens with two attached hydrogens (primary N) is 1. The molecule has 19 heavy (non-hydrogen) atoms. The molecule has 0 radical (unpaired) electrons. The molecule has 3 nitrogen and oxygen atoms in total. The molecule has 0 aromatic heterocycles. The van der Waals surface area contributed by atoms with Crippen LogP contribution in [0.25, 0.3) is 0 Å². The number of hydrogen-bond acceptors (Lipinski definition) is 3. The molecule has 0 saturated heterocycles. The van der Waals surface area contributed by atoms with Gasteiger partial charge in [0.2, 0.25) is 0 Å². The molecule has 0 aliphatic heterocycles. The van der Waals surface area contributed by atoms with E-state index >= 15 is 0 Å². The van der Waals surface area contributed by atoms with Crippen LogP contribution in [0.5, 0.6) is 0 Å². The number of nitrogen functional groups attached to an aromatic ring is 1. The van der Waals surface area contributed by atoms with Crippen LogP contribution in [0, 0.1) is 0 Å². The lowest BCUT2D eigenvalue weighted by Gasteiger charge is -2.06. The van der Waals surface area contributed by atoms with E-state index in [0.717, 1.165) is 5.69 Å². The second kappa shape index (κ2) is 5.78. The Hall–Kier alpha value is -2.68. The lowest BCUT2D eigenvalue weighted by Crippen LogP contribution is -2.10. The molecule has 3 rings (SSSR count). The summed E-state index contributed by atoms with van der Waals surface area (Å²) >= 11 is 0. The number of rotatable bonds is 0. The van der Waals surface area contributed by atoms with E-state index in [-0.39, 0.29) is 11.6 Å². The van der Waals surface area contributed by atoms with Crippen LogP contribution in [-0.4, -0.2) is 11.6 Å². The zero-order chi connectivity index (χ0) is 13.7. The van der Waals surface area contributed by atoms with Crippen molar-refractivity contribution in [3.63, 3.8) is 0 Å². The van der Waals surface area contributed by atoms with Crippen LogP contribution in [0.1, 0.15) is 20.7 Å². The van der Waals surface area contributed by atoms with E-state index in [9.17, 15) is 9.59 Å². The Morgan fingerprint density at radius 3 is 1.42 bits per heavy atom. The predicted molar refractivity (Wildman–Crippen MR) is 75.1 cm³/mol. The van der Waals surface area contributed by atoms with Crippen LogP contribution >= 0.6 is 0 Å². The average Bonchev–Trinajstić information content (AvgIpc) is 2.45. The van der Waals surface area contributed by atoms with Gasteiger partial charge in [0.05, 0.1) is 0 Å². The third-order valence-corrected chi connectivity index (χ3v) is 2.64. The first-order chi connectivity index (χ1) is 9.18. The van der Waals surface area contributed by atoms with Gasteiger partial charge in [-0.05, 0) is 24.3 Å². The predicted octanol–water partition coefficient (Wildman–Crippen LogP) is 2.89. The highest BCUT2D eigenvalue weighted by molar-refractivity contribution is 6.21. The van der Waals surface area contributed by atoms with Crippen LogP contribution in [0.2, 0.25) is 0 Å². The number of allylic oxidation sites excluding steroid dienone is 2. The zero-order valence-electron chi connectivity index (χ0n) is 10.2. The molecule has 2 N–H and O–H groups in total. The zero-order valence-corrected chi connectivity index (χ0v) is 10.2. The van der Waals surface area contributed by atoms with Crippen LogP contribution in [-0.2, 0) is 0 Å². The molecule has 0 saturated carbocycles. The Morgan fingerprint density at radius 1 is 0.632 bits per heavy atom. The van der Waals surface area contributed by atoms with Crippen molar-refractivity contribution in [1.29, 1.82) is 0 Å². The molecule has 0 unspecified atom stereocenters. The molecule has 0 amide bonds. The van der Waals surface area contributed by atoms with Gasteiger partial charge in [-0.25, -0.2) is 0 Å². The maximum absolute atomic E-state index is 11.2. The van der Waals surface area contributed by atoms with E-state index in [0.29, 0.717) is 11.1 Å². The van der Waals surface area contributed by atoms with Gasteiger partial charge >= 0.3 is 0 Å². The molecule has 0 bridgehead atoms. The van der Waals surface area contributed by atoms with Gasteiger partial charge in [-0.15, -0.1) is 0 Å². The smallest absolute Gasteiger partial charge is 0.186 e. The van der Waals surface area contributed by atoms with Gasteiger partial charge in [0, 0.05) is 16.8 Å². The lowest BCUT2D eigenvalue weighted by molar-refractivity contribution is 0.0994. The number of carbonyl (C=O) groups excluding carboxylic acids is 2. The standard InChI is InChI=1S/C10H6O2.C6H7N/c11-9-5-6-10(12)8-4-2-1-3-7(8)9;7-6-4-2-1-3-5-6/h1-6H;1-5H,7H2. The van der Waals surface area contributed by atoms with Crippen LogP contribution in [0.4, 0.5) is 5.69 Å². The fourth-order valence-corrected chi connectivity index (χ4v) is 1.70. The highest BCUT2D eigenvalue weighted by Crippen LogP contribution is 2.15. The summed E-state index contributed by atoms with van der Waals surface area (Å²) in [5, 5.41) is 0. The Kier molecular flexibility index (Phi) is 3.88. The van der Waals surface area contributed by atoms with Crippen molar-refractivity contribution in [2.75, 3.05) is 5.73 Å².